The van der Waals surface area contributed by atoms with Crippen molar-refractivity contribution in [3.8, 4) is 0 Å². The summed E-state index contributed by atoms with van der Waals surface area (Å²) in [5.74, 6) is 4.30. The molecule has 19 heavy (non-hydrogen) atoms. The summed E-state index contributed by atoms with van der Waals surface area (Å²) in [4.78, 5) is 0. The van der Waals surface area contributed by atoms with Crippen LogP contribution < -0.4 is 5.32 Å². The highest BCUT2D eigenvalue weighted by Crippen LogP contribution is 2.48. The molecule has 1 heterocycles. The minimum Gasteiger partial charge on any atom is -0.311 e. The van der Waals surface area contributed by atoms with Crippen LogP contribution in [0.2, 0.25) is 0 Å². The summed E-state index contributed by atoms with van der Waals surface area (Å²) in [7, 11) is 0. The first-order valence-corrected chi connectivity index (χ1v) is 9.16. The number of hydrogen-bond acceptors (Lipinski definition) is 1. The summed E-state index contributed by atoms with van der Waals surface area (Å²) in [5.41, 5.74) is 0. The molecule has 0 aromatic heterocycles. The SMILES string of the molecule is C1CCC2CC(C3CCC4CCCCC4N3)CC2C1. The number of piperidine rings is 1. The van der Waals surface area contributed by atoms with E-state index < -0.39 is 0 Å². The van der Waals surface area contributed by atoms with E-state index in [1.807, 2.05) is 0 Å². The highest BCUT2D eigenvalue weighted by molar-refractivity contribution is 4.96. The van der Waals surface area contributed by atoms with Crippen molar-refractivity contribution >= 4 is 0 Å². The van der Waals surface area contributed by atoms with Crippen LogP contribution >= 0.6 is 0 Å². The van der Waals surface area contributed by atoms with Gasteiger partial charge in [-0.15, -0.1) is 0 Å². The van der Waals surface area contributed by atoms with E-state index in [2.05, 4.69) is 5.32 Å². The van der Waals surface area contributed by atoms with Crippen molar-refractivity contribution in [3.05, 3.63) is 0 Å². The predicted octanol–water partition coefficient (Wildman–Crippen LogP) is 4.51. The fourth-order valence-electron chi connectivity index (χ4n) is 6.00. The quantitative estimate of drug-likeness (QED) is 0.732. The van der Waals surface area contributed by atoms with Crippen molar-refractivity contribution in [2.45, 2.75) is 89.1 Å². The van der Waals surface area contributed by atoms with Crippen molar-refractivity contribution in [3.63, 3.8) is 0 Å². The van der Waals surface area contributed by atoms with Crippen LogP contribution in [0.5, 0.6) is 0 Å². The molecule has 0 aromatic rings. The highest BCUT2D eigenvalue weighted by Gasteiger charge is 2.41. The molecule has 1 aliphatic heterocycles. The smallest absolute Gasteiger partial charge is 0.00983 e. The van der Waals surface area contributed by atoms with Crippen LogP contribution in [0.25, 0.3) is 0 Å². The predicted molar refractivity (Wildman–Crippen MR) is 80.1 cm³/mol. The fraction of sp³-hybridized carbons (Fsp3) is 1.00. The summed E-state index contributed by atoms with van der Waals surface area (Å²) in [6.07, 6.45) is 18.3. The maximum atomic E-state index is 4.11. The van der Waals surface area contributed by atoms with Crippen molar-refractivity contribution < 1.29 is 0 Å². The van der Waals surface area contributed by atoms with Gasteiger partial charge in [0, 0.05) is 12.1 Å². The third-order valence-electron chi connectivity index (χ3n) is 7.03. The van der Waals surface area contributed by atoms with Gasteiger partial charge in [0.15, 0.2) is 0 Å². The van der Waals surface area contributed by atoms with Gasteiger partial charge in [0.25, 0.3) is 0 Å². The van der Waals surface area contributed by atoms with E-state index in [-0.39, 0.29) is 0 Å². The average molecular weight is 261 g/mol. The van der Waals surface area contributed by atoms with Gasteiger partial charge in [-0.3, -0.25) is 0 Å². The van der Waals surface area contributed by atoms with Crippen molar-refractivity contribution in [1.29, 1.82) is 0 Å². The van der Waals surface area contributed by atoms with Crippen molar-refractivity contribution in [1.82, 2.24) is 5.32 Å². The second kappa shape index (κ2) is 5.39. The highest BCUT2D eigenvalue weighted by atomic mass is 15.0. The molecule has 4 aliphatic rings. The molecule has 1 heteroatoms. The van der Waals surface area contributed by atoms with E-state index in [4.69, 9.17) is 0 Å². The molecular formula is C18H31N. The molecule has 0 aromatic carbocycles. The lowest BCUT2D eigenvalue weighted by Gasteiger charge is -2.42. The van der Waals surface area contributed by atoms with Crippen LogP contribution in [0.1, 0.15) is 77.0 Å². The Balaban J connectivity index is 1.37. The molecule has 1 saturated heterocycles. The van der Waals surface area contributed by atoms with Gasteiger partial charge in [-0.1, -0.05) is 38.5 Å². The Hall–Kier alpha value is -0.0400. The molecule has 4 rings (SSSR count). The average Bonchev–Trinajstić information content (AvgIpc) is 2.90. The summed E-state index contributed by atoms with van der Waals surface area (Å²) < 4.78 is 0. The Morgan fingerprint density at radius 1 is 0.474 bits per heavy atom. The third kappa shape index (κ3) is 2.48. The number of rotatable bonds is 1. The molecular weight excluding hydrogens is 230 g/mol. The van der Waals surface area contributed by atoms with E-state index in [1.54, 1.807) is 25.7 Å². The van der Waals surface area contributed by atoms with Gasteiger partial charge >= 0.3 is 0 Å². The molecule has 0 radical (unpaired) electrons. The number of fused-ring (bicyclic) bond motifs is 2. The zero-order valence-corrected chi connectivity index (χ0v) is 12.4. The van der Waals surface area contributed by atoms with Gasteiger partial charge in [-0.2, -0.15) is 0 Å². The van der Waals surface area contributed by atoms with Gasteiger partial charge in [-0.05, 0) is 62.2 Å². The van der Waals surface area contributed by atoms with E-state index in [9.17, 15) is 0 Å². The Morgan fingerprint density at radius 3 is 1.79 bits per heavy atom. The van der Waals surface area contributed by atoms with E-state index >= 15 is 0 Å². The van der Waals surface area contributed by atoms with Crippen LogP contribution in [-0.2, 0) is 0 Å². The molecule has 0 spiro atoms. The minimum absolute atomic E-state index is 0.893. The van der Waals surface area contributed by atoms with Crippen LogP contribution in [0, 0.1) is 23.7 Å². The second-order valence-corrected chi connectivity index (χ2v) is 8.04. The number of hydrogen-bond donors (Lipinski definition) is 1. The normalized spacial score (nSPS) is 50.5. The van der Waals surface area contributed by atoms with E-state index in [0.717, 1.165) is 35.8 Å². The van der Waals surface area contributed by atoms with Crippen LogP contribution in [0.4, 0.5) is 0 Å². The molecule has 4 fully saturated rings. The molecule has 1 nitrogen and oxygen atoms in total. The van der Waals surface area contributed by atoms with Crippen LogP contribution in [0.15, 0.2) is 0 Å². The second-order valence-electron chi connectivity index (χ2n) is 8.04. The van der Waals surface area contributed by atoms with Gasteiger partial charge in [0.2, 0.25) is 0 Å². The Bertz CT molecular complexity index is 299. The molecule has 3 saturated carbocycles. The van der Waals surface area contributed by atoms with E-state index in [0.29, 0.717) is 0 Å². The Kier molecular flexibility index (Phi) is 3.60. The van der Waals surface area contributed by atoms with Gasteiger partial charge in [-0.25, -0.2) is 0 Å². The maximum Gasteiger partial charge on any atom is 0.00983 e. The molecule has 5 atom stereocenters. The van der Waals surface area contributed by atoms with Crippen molar-refractivity contribution in [2.24, 2.45) is 23.7 Å². The monoisotopic (exact) mass is 261 g/mol. The third-order valence-corrected chi connectivity index (χ3v) is 7.03. The first-order chi connectivity index (χ1) is 9.40. The maximum absolute atomic E-state index is 4.11. The standard InChI is InChI=1S/C18H31N/c1-2-7-15-12-16(11-14(15)6-1)18-10-9-13-5-3-4-8-17(13)19-18/h13-19H,1-12H2. The summed E-state index contributed by atoms with van der Waals surface area (Å²) in [5, 5.41) is 4.11. The Morgan fingerprint density at radius 2 is 1.05 bits per heavy atom. The van der Waals surface area contributed by atoms with Gasteiger partial charge in [0.05, 0.1) is 0 Å². The van der Waals surface area contributed by atoms with Gasteiger partial charge < -0.3 is 5.32 Å². The molecule has 5 unspecified atom stereocenters. The largest absolute Gasteiger partial charge is 0.311 e. The van der Waals surface area contributed by atoms with Crippen LogP contribution in [0.3, 0.4) is 0 Å². The lowest BCUT2D eigenvalue weighted by molar-refractivity contribution is 0.146. The number of nitrogens with one attached hydrogen (secondary N) is 1. The summed E-state index contributed by atoms with van der Waals surface area (Å²) in [6.45, 7) is 0. The fourth-order valence-corrected chi connectivity index (χ4v) is 6.00. The molecule has 0 bridgehead atoms. The van der Waals surface area contributed by atoms with Gasteiger partial charge in [0.1, 0.15) is 0 Å². The lowest BCUT2D eigenvalue weighted by Crippen LogP contribution is -2.51. The van der Waals surface area contributed by atoms with E-state index in [1.165, 1.54) is 51.4 Å². The molecule has 3 aliphatic carbocycles. The zero-order valence-electron chi connectivity index (χ0n) is 12.4. The topological polar surface area (TPSA) is 12.0 Å². The first kappa shape index (κ1) is 12.7. The molecule has 108 valence electrons. The zero-order chi connectivity index (χ0) is 12.7. The van der Waals surface area contributed by atoms with Crippen LogP contribution in [-0.4, -0.2) is 12.1 Å². The summed E-state index contributed by atoms with van der Waals surface area (Å²) in [6, 6.07) is 1.79. The molecule has 0 amide bonds. The lowest BCUT2D eigenvalue weighted by atomic mass is 9.75. The first-order valence-electron chi connectivity index (χ1n) is 9.16. The molecule has 1 N–H and O–H groups in total. The Labute approximate surface area is 118 Å². The summed E-state index contributed by atoms with van der Waals surface area (Å²) >= 11 is 0. The minimum atomic E-state index is 0.893. The van der Waals surface area contributed by atoms with Crippen molar-refractivity contribution in [2.75, 3.05) is 0 Å².